The van der Waals surface area contributed by atoms with E-state index in [1.165, 1.54) is 15.5 Å². The molecule has 0 bridgehead atoms. The lowest BCUT2D eigenvalue weighted by Gasteiger charge is -2.36. The Labute approximate surface area is 139 Å². The number of likely N-dealkylation sites (tertiary alicyclic amines) is 1. The molecule has 3 rings (SSSR count). The fourth-order valence-corrected chi connectivity index (χ4v) is 3.36. The molecule has 2 aromatic rings. The van der Waals surface area contributed by atoms with Crippen LogP contribution in [0.4, 0.5) is 0 Å². The topological polar surface area (TPSA) is 79.6 Å². The Kier molecular flexibility index (Phi) is 4.13. The summed E-state index contributed by atoms with van der Waals surface area (Å²) in [6.45, 7) is 2.38. The zero-order chi connectivity index (χ0) is 17.4. The summed E-state index contributed by atoms with van der Waals surface area (Å²) in [4.78, 5) is 38.2. The van der Waals surface area contributed by atoms with Gasteiger partial charge in [0, 0.05) is 25.0 Å². The fourth-order valence-electron chi connectivity index (χ4n) is 3.36. The first-order chi connectivity index (χ1) is 11.4. The molecule has 0 spiro atoms. The first-order valence-corrected chi connectivity index (χ1v) is 8.02. The average molecular weight is 328 g/mol. The van der Waals surface area contributed by atoms with Gasteiger partial charge in [-0.2, -0.15) is 0 Å². The Balaban J connectivity index is 2.10. The lowest BCUT2D eigenvalue weighted by atomic mass is 9.91. The van der Waals surface area contributed by atoms with Gasteiger partial charge in [-0.25, -0.2) is 4.79 Å². The van der Waals surface area contributed by atoms with E-state index in [0.717, 1.165) is 6.42 Å². The van der Waals surface area contributed by atoms with Gasteiger partial charge in [-0.05, 0) is 24.8 Å². The summed E-state index contributed by atoms with van der Waals surface area (Å²) in [5, 5.41) is 10.1. The zero-order valence-corrected chi connectivity index (χ0v) is 13.7. The number of aryl methyl sites for hydroxylation is 1. The highest BCUT2D eigenvalue weighted by molar-refractivity contribution is 6.07. The second kappa shape index (κ2) is 6.11. The van der Waals surface area contributed by atoms with E-state index in [1.807, 2.05) is 6.92 Å². The second-order valence-electron chi connectivity index (χ2n) is 6.45. The number of para-hydroxylation sites is 1. The molecule has 6 heteroatoms. The normalized spacial score (nSPS) is 21.0. The van der Waals surface area contributed by atoms with Gasteiger partial charge in [-0.15, -0.1) is 0 Å². The van der Waals surface area contributed by atoms with Gasteiger partial charge >= 0.3 is 5.97 Å². The monoisotopic (exact) mass is 328 g/mol. The third-order valence-corrected chi connectivity index (χ3v) is 4.79. The summed E-state index contributed by atoms with van der Waals surface area (Å²) < 4.78 is 1.49. The summed E-state index contributed by atoms with van der Waals surface area (Å²) in [6.07, 6.45) is 1.20. The number of hydrogen-bond donors (Lipinski definition) is 1. The summed E-state index contributed by atoms with van der Waals surface area (Å²) in [5.41, 5.74) is 0.648. The highest BCUT2D eigenvalue weighted by Gasteiger charge is 2.35. The van der Waals surface area contributed by atoms with Crippen LogP contribution in [0, 0.1) is 5.92 Å². The summed E-state index contributed by atoms with van der Waals surface area (Å²) in [7, 11) is 1.65. The maximum Gasteiger partial charge on any atom is 0.326 e. The number of hydrogen-bond acceptors (Lipinski definition) is 3. The van der Waals surface area contributed by atoms with Gasteiger partial charge in [0.1, 0.15) is 6.04 Å². The van der Waals surface area contributed by atoms with Gasteiger partial charge in [0.15, 0.2) is 0 Å². The molecular weight excluding hydrogens is 308 g/mol. The van der Waals surface area contributed by atoms with E-state index in [1.54, 1.807) is 31.3 Å². The van der Waals surface area contributed by atoms with Gasteiger partial charge < -0.3 is 14.6 Å². The molecule has 1 aliphatic heterocycles. The van der Waals surface area contributed by atoms with Gasteiger partial charge in [0.25, 0.3) is 11.5 Å². The SMILES string of the molecule is CC1CCN(C(=O)c2cc(=O)n(C)c3ccccc23)C(C(=O)O)C1. The molecule has 0 aliphatic carbocycles. The number of aromatic nitrogens is 1. The minimum absolute atomic E-state index is 0.260. The van der Waals surface area contributed by atoms with Crippen molar-refractivity contribution in [3.8, 4) is 0 Å². The predicted molar refractivity (Wildman–Crippen MR) is 90.0 cm³/mol. The van der Waals surface area contributed by atoms with E-state index >= 15 is 0 Å². The molecule has 1 fully saturated rings. The maximum atomic E-state index is 13.0. The van der Waals surface area contributed by atoms with Crippen LogP contribution in [-0.2, 0) is 11.8 Å². The summed E-state index contributed by atoms with van der Waals surface area (Å²) >= 11 is 0. The zero-order valence-electron chi connectivity index (χ0n) is 13.7. The number of fused-ring (bicyclic) bond motifs is 1. The van der Waals surface area contributed by atoms with Crippen molar-refractivity contribution < 1.29 is 14.7 Å². The van der Waals surface area contributed by atoms with E-state index in [0.29, 0.717) is 23.9 Å². The third-order valence-electron chi connectivity index (χ3n) is 4.79. The highest BCUT2D eigenvalue weighted by atomic mass is 16.4. The molecule has 1 aromatic carbocycles. The minimum atomic E-state index is -0.997. The number of benzene rings is 1. The molecule has 1 aromatic heterocycles. The Morgan fingerprint density at radius 3 is 2.67 bits per heavy atom. The van der Waals surface area contributed by atoms with E-state index in [2.05, 4.69) is 0 Å². The first-order valence-electron chi connectivity index (χ1n) is 8.02. The lowest BCUT2D eigenvalue weighted by molar-refractivity contribution is -0.144. The molecule has 1 amide bonds. The van der Waals surface area contributed by atoms with Gasteiger partial charge in [0.05, 0.1) is 11.1 Å². The van der Waals surface area contributed by atoms with Crippen molar-refractivity contribution in [3.05, 3.63) is 46.2 Å². The van der Waals surface area contributed by atoms with Crippen LogP contribution >= 0.6 is 0 Å². The van der Waals surface area contributed by atoms with Crippen LogP contribution in [-0.4, -0.2) is 39.0 Å². The number of piperidine rings is 1. The maximum absolute atomic E-state index is 13.0. The number of carboxylic acid groups (broad SMARTS) is 1. The molecule has 2 atom stereocenters. The van der Waals surface area contributed by atoms with Crippen LogP contribution in [0.3, 0.4) is 0 Å². The van der Waals surface area contributed by atoms with E-state index < -0.39 is 12.0 Å². The average Bonchev–Trinajstić information content (AvgIpc) is 2.57. The van der Waals surface area contributed by atoms with Crippen molar-refractivity contribution in [1.29, 1.82) is 0 Å². The lowest BCUT2D eigenvalue weighted by Crippen LogP contribution is -2.50. The Morgan fingerprint density at radius 2 is 1.96 bits per heavy atom. The summed E-state index contributed by atoms with van der Waals surface area (Å²) in [5.74, 6) is -1.12. The minimum Gasteiger partial charge on any atom is -0.480 e. The molecule has 1 saturated heterocycles. The van der Waals surface area contributed by atoms with Crippen LogP contribution in [0.1, 0.15) is 30.1 Å². The van der Waals surface area contributed by atoms with Crippen molar-refractivity contribution in [3.63, 3.8) is 0 Å². The van der Waals surface area contributed by atoms with Crippen LogP contribution in [0.15, 0.2) is 35.1 Å². The standard InChI is InChI=1S/C18H20N2O4/c1-11-7-8-20(15(9-11)18(23)24)17(22)13-10-16(21)19(2)14-6-4-3-5-12(13)14/h3-6,10-11,15H,7-9H2,1-2H3,(H,23,24). The van der Waals surface area contributed by atoms with Crippen LogP contribution < -0.4 is 5.56 Å². The van der Waals surface area contributed by atoms with Gasteiger partial charge in [-0.3, -0.25) is 9.59 Å². The fraction of sp³-hybridized carbons (Fsp3) is 0.389. The Bertz CT molecular complexity index is 871. The molecule has 1 aliphatic rings. The molecule has 0 radical (unpaired) electrons. The number of carboxylic acids is 1. The smallest absolute Gasteiger partial charge is 0.326 e. The van der Waals surface area contributed by atoms with Crippen LogP contribution in [0.2, 0.25) is 0 Å². The van der Waals surface area contributed by atoms with Crippen molar-refractivity contribution >= 4 is 22.8 Å². The molecule has 126 valence electrons. The van der Waals surface area contributed by atoms with E-state index in [9.17, 15) is 19.5 Å². The van der Waals surface area contributed by atoms with E-state index in [-0.39, 0.29) is 22.9 Å². The molecule has 24 heavy (non-hydrogen) atoms. The number of amides is 1. The van der Waals surface area contributed by atoms with Crippen molar-refractivity contribution in [2.75, 3.05) is 6.54 Å². The molecule has 6 nitrogen and oxygen atoms in total. The van der Waals surface area contributed by atoms with Gasteiger partial charge in [0.2, 0.25) is 0 Å². The van der Waals surface area contributed by atoms with E-state index in [4.69, 9.17) is 0 Å². The predicted octanol–water partition coefficient (Wildman–Crippen LogP) is 1.86. The number of carbonyl (C=O) groups is 2. The van der Waals surface area contributed by atoms with Crippen molar-refractivity contribution in [1.82, 2.24) is 9.47 Å². The van der Waals surface area contributed by atoms with Gasteiger partial charge in [-0.1, -0.05) is 25.1 Å². The third kappa shape index (κ3) is 2.68. The highest BCUT2D eigenvalue weighted by Crippen LogP contribution is 2.26. The summed E-state index contributed by atoms with van der Waals surface area (Å²) in [6, 6.07) is 7.63. The number of pyridine rings is 1. The second-order valence-corrected chi connectivity index (χ2v) is 6.45. The molecule has 0 saturated carbocycles. The first kappa shape index (κ1) is 16.2. The quantitative estimate of drug-likeness (QED) is 0.912. The van der Waals surface area contributed by atoms with Crippen LogP contribution in [0.25, 0.3) is 10.9 Å². The number of aliphatic carboxylic acids is 1. The number of rotatable bonds is 2. The van der Waals surface area contributed by atoms with Crippen LogP contribution in [0.5, 0.6) is 0 Å². The van der Waals surface area contributed by atoms with Crippen molar-refractivity contribution in [2.45, 2.75) is 25.8 Å². The molecule has 2 unspecified atom stereocenters. The molecular formula is C18H20N2O4. The largest absolute Gasteiger partial charge is 0.480 e. The number of nitrogens with zero attached hydrogens (tertiary/aromatic N) is 2. The molecule has 1 N–H and O–H groups in total. The number of carbonyl (C=O) groups excluding carboxylic acids is 1. The molecule has 2 heterocycles. The Hall–Kier alpha value is -2.63. The Morgan fingerprint density at radius 1 is 1.25 bits per heavy atom. The van der Waals surface area contributed by atoms with Crippen molar-refractivity contribution in [2.24, 2.45) is 13.0 Å².